The van der Waals surface area contributed by atoms with Crippen molar-refractivity contribution in [2.24, 2.45) is 4.99 Å². The number of amidine groups is 1. The van der Waals surface area contributed by atoms with Gasteiger partial charge in [0.1, 0.15) is 5.25 Å². The van der Waals surface area contributed by atoms with Crippen LogP contribution in [0, 0.1) is 0 Å². The van der Waals surface area contributed by atoms with Crippen molar-refractivity contribution in [2.45, 2.75) is 25.1 Å². The summed E-state index contributed by atoms with van der Waals surface area (Å²) < 4.78 is 15.9. The van der Waals surface area contributed by atoms with Crippen molar-refractivity contribution in [2.75, 3.05) is 18.7 Å². The molecule has 2 amide bonds. The number of amides is 2. The van der Waals surface area contributed by atoms with E-state index in [1.54, 1.807) is 49.4 Å². The molecule has 0 aliphatic carbocycles. The van der Waals surface area contributed by atoms with Gasteiger partial charge in [-0.05, 0) is 67.1 Å². The summed E-state index contributed by atoms with van der Waals surface area (Å²) in [6.45, 7) is 2.27. The number of nitrogens with zero attached hydrogens (tertiary/aromatic N) is 2. The van der Waals surface area contributed by atoms with Gasteiger partial charge in [0.25, 0.3) is 0 Å². The summed E-state index contributed by atoms with van der Waals surface area (Å²) in [6, 6.07) is 17.7. The molecule has 41 heavy (non-hydrogen) atoms. The van der Waals surface area contributed by atoms with Gasteiger partial charge in [-0.25, -0.2) is 14.6 Å². The molecule has 0 saturated carbocycles. The van der Waals surface area contributed by atoms with Crippen molar-refractivity contribution in [1.29, 1.82) is 0 Å². The quantitative estimate of drug-likeness (QED) is 0.372. The minimum absolute atomic E-state index is 0.0265. The van der Waals surface area contributed by atoms with Gasteiger partial charge in [-0.15, -0.1) is 0 Å². The van der Waals surface area contributed by atoms with Crippen molar-refractivity contribution in [1.82, 2.24) is 4.90 Å². The Bertz CT molecular complexity index is 1540. The second-order valence-electron chi connectivity index (χ2n) is 9.02. The molecule has 1 saturated heterocycles. The zero-order valence-electron chi connectivity index (χ0n) is 21.9. The van der Waals surface area contributed by atoms with Gasteiger partial charge in [-0.3, -0.25) is 14.5 Å². The number of carboxylic acid groups (broad SMARTS) is 1. The van der Waals surface area contributed by atoms with Crippen molar-refractivity contribution in [3.05, 3.63) is 83.4 Å². The third kappa shape index (κ3) is 6.49. The maximum atomic E-state index is 13.4. The van der Waals surface area contributed by atoms with Gasteiger partial charge in [0, 0.05) is 12.1 Å². The number of esters is 1. The molecule has 1 fully saturated rings. The molecule has 2 aliphatic rings. The number of carbonyl (C=O) groups excluding carboxylic acids is 3. The van der Waals surface area contributed by atoms with Crippen LogP contribution in [0.3, 0.4) is 0 Å². The van der Waals surface area contributed by atoms with Crippen LogP contribution in [0.5, 0.6) is 11.5 Å². The van der Waals surface area contributed by atoms with E-state index < -0.39 is 23.1 Å². The first-order valence-corrected chi connectivity index (χ1v) is 13.5. The number of carbonyl (C=O) groups is 4. The number of anilines is 1. The van der Waals surface area contributed by atoms with E-state index >= 15 is 0 Å². The van der Waals surface area contributed by atoms with Crippen LogP contribution < -0.4 is 14.8 Å². The highest BCUT2D eigenvalue weighted by Gasteiger charge is 2.36. The molecule has 12 heteroatoms. The average Bonchev–Trinajstić information content (AvgIpc) is 3.43. The first kappa shape index (κ1) is 27.7. The molecule has 5 rings (SSSR count). The first-order valence-electron chi connectivity index (χ1n) is 12.7. The predicted octanol–water partition coefficient (Wildman–Crippen LogP) is 4.45. The Kier molecular flexibility index (Phi) is 8.20. The molecule has 1 atom stereocenters. The van der Waals surface area contributed by atoms with E-state index in [-0.39, 0.29) is 37.8 Å². The lowest BCUT2D eigenvalue weighted by Crippen LogP contribution is -2.44. The van der Waals surface area contributed by atoms with E-state index in [2.05, 4.69) is 10.3 Å². The van der Waals surface area contributed by atoms with Crippen LogP contribution in [-0.2, 0) is 20.9 Å². The van der Waals surface area contributed by atoms with Gasteiger partial charge in [0.2, 0.25) is 18.6 Å². The molecule has 210 valence electrons. The lowest BCUT2D eigenvalue weighted by Gasteiger charge is -2.32. The van der Waals surface area contributed by atoms with Crippen LogP contribution >= 0.6 is 11.8 Å². The Morgan fingerprint density at radius 1 is 1.05 bits per heavy atom. The van der Waals surface area contributed by atoms with Gasteiger partial charge >= 0.3 is 11.9 Å². The van der Waals surface area contributed by atoms with E-state index in [4.69, 9.17) is 14.2 Å². The summed E-state index contributed by atoms with van der Waals surface area (Å²) in [4.78, 5) is 56.1. The molecule has 0 bridgehead atoms. The number of carboxylic acids is 1. The third-order valence-electron chi connectivity index (χ3n) is 6.19. The van der Waals surface area contributed by atoms with E-state index in [0.717, 1.165) is 17.3 Å². The zero-order chi connectivity index (χ0) is 28.9. The smallest absolute Gasteiger partial charge is 0.338 e. The Morgan fingerprint density at radius 3 is 2.59 bits per heavy atom. The molecule has 3 aromatic rings. The largest absolute Gasteiger partial charge is 0.478 e. The van der Waals surface area contributed by atoms with Crippen molar-refractivity contribution >= 4 is 52.1 Å². The number of aliphatic imine (C=N–C) groups is 1. The molecule has 2 aliphatic heterocycles. The van der Waals surface area contributed by atoms with Crippen molar-refractivity contribution in [3.63, 3.8) is 0 Å². The molecule has 1 unspecified atom stereocenters. The van der Waals surface area contributed by atoms with Gasteiger partial charge in [-0.2, -0.15) is 0 Å². The number of thioether (sulfide) groups is 1. The number of hydrogen-bond acceptors (Lipinski definition) is 9. The highest BCUT2D eigenvalue weighted by molar-refractivity contribution is 8.15. The number of nitrogens with one attached hydrogen (secondary N) is 1. The average molecular weight is 576 g/mol. The second kappa shape index (κ2) is 12.1. The van der Waals surface area contributed by atoms with E-state index in [9.17, 15) is 24.3 Å². The zero-order valence-corrected chi connectivity index (χ0v) is 22.7. The molecule has 0 aromatic heterocycles. The van der Waals surface area contributed by atoms with Crippen LogP contribution in [0.25, 0.3) is 0 Å². The Morgan fingerprint density at radius 2 is 1.83 bits per heavy atom. The maximum absolute atomic E-state index is 13.4. The molecule has 3 aromatic carbocycles. The van der Waals surface area contributed by atoms with E-state index in [1.165, 1.54) is 23.1 Å². The maximum Gasteiger partial charge on any atom is 0.338 e. The summed E-state index contributed by atoms with van der Waals surface area (Å²) in [5.41, 5.74) is 1.94. The monoisotopic (exact) mass is 575 g/mol. The van der Waals surface area contributed by atoms with Crippen LogP contribution in [0.15, 0.2) is 71.7 Å². The molecular formula is C29H25N3O8S. The highest BCUT2D eigenvalue weighted by Crippen LogP contribution is 2.35. The summed E-state index contributed by atoms with van der Waals surface area (Å²) in [6.07, 6.45) is -0.0967. The number of fused-ring (bicyclic) bond motifs is 1. The van der Waals surface area contributed by atoms with Gasteiger partial charge < -0.3 is 24.6 Å². The van der Waals surface area contributed by atoms with Gasteiger partial charge in [0.05, 0.1) is 30.0 Å². The Hall–Kier alpha value is -4.84. The topological polar surface area (TPSA) is 144 Å². The van der Waals surface area contributed by atoms with E-state index in [1.807, 2.05) is 6.07 Å². The van der Waals surface area contributed by atoms with Crippen LogP contribution in [-0.4, -0.2) is 57.6 Å². The number of benzene rings is 3. The fraction of sp³-hybridized carbons (Fsp3) is 0.207. The van der Waals surface area contributed by atoms with Crippen molar-refractivity contribution in [3.8, 4) is 11.5 Å². The lowest BCUT2D eigenvalue weighted by atomic mass is 10.1. The molecule has 0 radical (unpaired) electrons. The van der Waals surface area contributed by atoms with Gasteiger partial charge in [0.15, 0.2) is 16.7 Å². The SMILES string of the molecule is CCOC(=O)c1ccc(N=C2SC(C(=O)Nc3cccc(C(=O)O)c3)CC(=O)N2Cc2ccc3c(c2)OCO3)cc1. The number of hydrogen-bond donors (Lipinski definition) is 2. The Balaban J connectivity index is 1.40. The molecule has 11 nitrogen and oxygen atoms in total. The summed E-state index contributed by atoms with van der Waals surface area (Å²) in [5.74, 6) is -1.16. The van der Waals surface area contributed by atoms with Crippen LogP contribution in [0.2, 0.25) is 0 Å². The normalized spacial score (nSPS) is 16.9. The molecule has 2 N–H and O–H groups in total. The fourth-order valence-corrected chi connectivity index (χ4v) is 5.27. The van der Waals surface area contributed by atoms with Crippen molar-refractivity contribution < 1.29 is 38.5 Å². The molecular weight excluding hydrogens is 550 g/mol. The minimum atomic E-state index is -1.12. The lowest BCUT2D eigenvalue weighted by molar-refractivity contribution is -0.129. The predicted molar refractivity (Wildman–Crippen MR) is 151 cm³/mol. The summed E-state index contributed by atoms with van der Waals surface area (Å²) >= 11 is 1.12. The summed E-state index contributed by atoms with van der Waals surface area (Å²) in [7, 11) is 0. The minimum Gasteiger partial charge on any atom is -0.478 e. The number of rotatable bonds is 8. The van der Waals surface area contributed by atoms with E-state index in [0.29, 0.717) is 33.6 Å². The van der Waals surface area contributed by atoms with Gasteiger partial charge in [-0.1, -0.05) is 23.9 Å². The second-order valence-corrected chi connectivity index (χ2v) is 10.2. The number of aromatic carboxylic acids is 1. The standard InChI is InChI=1S/C29H25N3O8S/c1-2-38-28(37)18-7-9-20(10-8-18)31-29-32(15-17-6-11-22-23(12-17)40-16-39-22)25(33)14-24(41-29)26(34)30-21-5-3-4-19(13-21)27(35)36/h3-13,24H,2,14-16H2,1H3,(H,30,34)(H,35,36). The third-order valence-corrected chi connectivity index (χ3v) is 7.38. The summed E-state index contributed by atoms with van der Waals surface area (Å²) in [5, 5.41) is 11.4. The fourth-order valence-electron chi connectivity index (χ4n) is 4.17. The molecule has 0 spiro atoms. The Labute approximate surface area is 239 Å². The number of ether oxygens (including phenoxy) is 3. The van der Waals surface area contributed by atoms with Crippen LogP contribution in [0.1, 0.15) is 39.6 Å². The highest BCUT2D eigenvalue weighted by atomic mass is 32.2. The molecule has 2 heterocycles. The van der Waals surface area contributed by atoms with Crippen LogP contribution in [0.4, 0.5) is 11.4 Å². The first-order chi connectivity index (χ1) is 19.8.